The molecule has 0 fully saturated rings. The van der Waals surface area contributed by atoms with Crippen LogP contribution < -0.4 is 5.32 Å². The topological polar surface area (TPSA) is 38.3 Å². The number of nitrogens with one attached hydrogen (secondary N) is 1. The van der Waals surface area contributed by atoms with E-state index in [4.69, 9.17) is 16.3 Å². The molecule has 3 aromatic carbocycles. The molecule has 0 saturated carbocycles. The molecule has 1 heterocycles. The minimum atomic E-state index is -0.507. The molecule has 166 valence electrons. The van der Waals surface area contributed by atoms with Gasteiger partial charge in [-0.3, -0.25) is 4.79 Å². The largest absolute Gasteiger partial charge is 0.480 e. The fraction of sp³-hybridized carbons (Fsp3) is 0.207. The number of rotatable bonds is 4. The van der Waals surface area contributed by atoms with Gasteiger partial charge < -0.3 is 10.1 Å². The molecule has 3 nitrogen and oxygen atoms in total. The summed E-state index contributed by atoms with van der Waals surface area (Å²) in [5.74, 6) is 0.851. The van der Waals surface area contributed by atoms with Crippen LogP contribution in [0.25, 0.3) is 11.8 Å². The molecule has 1 aliphatic heterocycles. The number of para-hydroxylation sites is 1. The van der Waals surface area contributed by atoms with E-state index in [-0.39, 0.29) is 11.2 Å². The molecule has 0 amide bonds. The molecular weight excluding hydrogens is 430 g/mol. The summed E-state index contributed by atoms with van der Waals surface area (Å²) in [5, 5.41) is 4.20. The van der Waals surface area contributed by atoms with Crippen LogP contribution in [0.4, 0.5) is 5.69 Å². The number of ether oxygens (including phenoxy) is 1. The highest BCUT2D eigenvalue weighted by molar-refractivity contribution is 6.30. The molecule has 5 rings (SSSR count). The number of ketones is 1. The number of halogens is 1. The lowest BCUT2D eigenvalue weighted by atomic mass is 9.73. The average Bonchev–Trinajstić information content (AvgIpc) is 2.79. The van der Waals surface area contributed by atoms with Crippen molar-refractivity contribution in [2.45, 2.75) is 32.8 Å². The van der Waals surface area contributed by atoms with Gasteiger partial charge in [-0.25, -0.2) is 0 Å². The Bertz CT molecular complexity index is 1260. The first-order valence-electron chi connectivity index (χ1n) is 11.2. The van der Waals surface area contributed by atoms with Crippen molar-refractivity contribution in [3.8, 4) is 0 Å². The van der Waals surface area contributed by atoms with Crippen LogP contribution in [0.15, 0.2) is 90.1 Å². The quantitative estimate of drug-likeness (QED) is 0.438. The van der Waals surface area contributed by atoms with Gasteiger partial charge in [0.05, 0.1) is 5.57 Å². The van der Waals surface area contributed by atoms with Gasteiger partial charge in [-0.2, -0.15) is 0 Å². The van der Waals surface area contributed by atoms with Gasteiger partial charge in [-0.15, -0.1) is 0 Å². The molecule has 0 radical (unpaired) electrons. The number of carbonyl (C=O) groups excluding carboxylic acids is 1. The first-order chi connectivity index (χ1) is 15.9. The van der Waals surface area contributed by atoms with Gasteiger partial charge in [0.25, 0.3) is 0 Å². The third-order valence-corrected chi connectivity index (χ3v) is 6.41. The second kappa shape index (κ2) is 8.57. The summed E-state index contributed by atoms with van der Waals surface area (Å²) >= 11 is 6.34. The molecular formula is C29H26ClNO2. The maximum absolute atomic E-state index is 13.6. The average molecular weight is 456 g/mol. The predicted molar refractivity (Wildman–Crippen MR) is 135 cm³/mol. The summed E-state index contributed by atoms with van der Waals surface area (Å²) in [6.07, 6.45) is 2.74. The Morgan fingerprint density at radius 2 is 1.64 bits per heavy atom. The number of Topliss-reactive ketones (excluding diaryl/α,β-unsaturated/α-hetero) is 1. The van der Waals surface area contributed by atoms with Crippen molar-refractivity contribution in [3.63, 3.8) is 0 Å². The molecule has 0 saturated heterocycles. The normalized spacial score (nSPS) is 19.4. The molecule has 1 aliphatic carbocycles. The summed E-state index contributed by atoms with van der Waals surface area (Å²) in [4.78, 5) is 13.6. The van der Waals surface area contributed by atoms with Crippen molar-refractivity contribution in [3.05, 3.63) is 112 Å². The van der Waals surface area contributed by atoms with E-state index in [1.54, 1.807) is 0 Å². The van der Waals surface area contributed by atoms with Crippen LogP contribution >= 0.6 is 11.6 Å². The summed E-state index contributed by atoms with van der Waals surface area (Å²) in [6, 6.07) is 25.7. The second-order valence-corrected chi connectivity index (χ2v) is 9.91. The number of benzene rings is 3. The van der Waals surface area contributed by atoms with Crippen LogP contribution in [0.1, 0.15) is 49.5 Å². The number of hydrogen-bond donors (Lipinski definition) is 1. The third-order valence-electron chi connectivity index (χ3n) is 6.17. The van der Waals surface area contributed by atoms with Gasteiger partial charge in [0, 0.05) is 34.0 Å². The Morgan fingerprint density at radius 3 is 2.36 bits per heavy atom. The van der Waals surface area contributed by atoms with Gasteiger partial charge in [0.15, 0.2) is 11.9 Å². The molecule has 33 heavy (non-hydrogen) atoms. The SMILES string of the molecule is CC1(C)CC(=O)C(C2OC(c3ccccc3)=Cc3cc(Cl)ccc32)=C(Nc2ccccc2)C1. The molecule has 1 N–H and O–H groups in total. The van der Waals surface area contributed by atoms with Crippen molar-refractivity contribution in [1.29, 1.82) is 0 Å². The number of allylic oxidation sites excluding steroid dienone is 1. The lowest BCUT2D eigenvalue weighted by Crippen LogP contribution is -2.32. The first-order valence-corrected chi connectivity index (χ1v) is 11.6. The van der Waals surface area contributed by atoms with E-state index >= 15 is 0 Å². The number of anilines is 1. The van der Waals surface area contributed by atoms with E-state index in [0.717, 1.165) is 40.3 Å². The zero-order chi connectivity index (χ0) is 23.0. The fourth-order valence-electron chi connectivity index (χ4n) is 4.69. The van der Waals surface area contributed by atoms with E-state index in [1.807, 2.05) is 84.9 Å². The Kier molecular flexibility index (Phi) is 5.59. The molecule has 0 spiro atoms. The molecule has 0 bridgehead atoms. The summed E-state index contributed by atoms with van der Waals surface area (Å²) < 4.78 is 6.58. The lowest BCUT2D eigenvalue weighted by molar-refractivity contribution is -0.119. The molecule has 0 aromatic heterocycles. The van der Waals surface area contributed by atoms with Crippen LogP contribution in [0, 0.1) is 5.41 Å². The second-order valence-electron chi connectivity index (χ2n) is 9.47. The van der Waals surface area contributed by atoms with E-state index in [9.17, 15) is 4.79 Å². The first kappa shape index (κ1) is 21.5. The van der Waals surface area contributed by atoms with E-state index in [1.165, 1.54) is 0 Å². The maximum Gasteiger partial charge on any atom is 0.165 e. The monoisotopic (exact) mass is 455 g/mol. The van der Waals surface area contributed by atoms with Gasteiger partial charge in [-0.05, 0) is 47.7 Å². The van der Waals surface area contributed by atoms with Crippen LogP contribution in [-0.2, 0) is 9.53 Å². The summed E-state index contributed by atoms with van der Waals surface area (Å²) in [6.45, 7) is 4.28. The van der Waals surface area contributed by atoms with Crippen molar-refractivity contribution >= 4 is 34.9 Å². The highest BCUT2D eigenvalue weighted by atomic mass is 35.5. The zero-order valence-electron chi connectivity index (χ0n) is 18.8. The van der Waals surface area contributed by atoms with Crippen LogP contribution in [0.3, 0.4) is 0 Å². The number of fused-ring (bicyclic) bond motifs is 1. The zero-order valence-corrected chi connectivity index (χ0v) is 19.5. The fourth-order valence-corrected chi connectivity index (χ4v) is 4.87. The van der Waals surface area contributed by atoms with Crippen LogP contribution in [0.5, 0.6) is 0 Å². The minimum Gasteiger partial charge on any atom is -0.480 e. The van der Waals surface area contributed by atoms with Gasteiger partial charge in [0.1, 0.15) is 5.76 Å². The molecule has 1 unspecified atom stereocenters. The van der Waals surface area contributed by atoms with E-state index in [2.05, 4.69) is 19.2 Å². The predicted octanol–water partition coefficient (Wildman–Crippen LogP) is 7.66. The maximum atomic E-state index is 13.6. The van der Waals surface area contributed by atoms with Crippen molar-refractivity contribution in [2.75, 3.05) is 5.32 Å². The van der Waals surface area contributed by atoms with E-state index in [0.29, 0.717) is 17.0 Å². The Labute approximate surface area is 199 Å². The van der Waals surface area contributed by atoms with Crippen molar-refractivity contribution in [2.24, 2.45) is 5.41 Å². The Morgan fingerprint density at radius 1 is 0.939 bits per heavy atom. The number of carbonyl (C=O) groups is 1. The van der Waals surface area contributed by atoms with E-state index < -0.39 is 6.10 Å². The minimum absolute atomic E-state index is 0.116. The van der Waals surface area contributed by atoms with Gasteiger partial charge in [0.2, 0.25) is 0 Å². The van der Waals surface area contributed by atoms with Gasteiger partial charge >= 0.3 is 0 Å². The smallest absolute Gasteiger partial charge is 0.165 e. The Hall–Kier alpha value is -3.30. The lowest BCUT2D eigenvalue weighted by Gasteiger charge is -2.37. The summed E-state index contributed by atoms with van der Waals surface area (Å²) in [5.41, 5.74) is 5.34. The Balaban J connectivity index is 1.66. The molecule has 3 aromatic rings. The highest BCUT2D eigenvalue weighted by Gasteiger charge is 2.39. The van der Waals surface area contributed by atoms with Crippen molar-refractivity contribution < 1.29 is 9.53 Å². The van der Waals surface area contributed by atoms with Crippen molar-refractivity contribution in [1.82, 2.24) is 0 Å². The standard InChI is InChI=1S/C29H26ClNO2/c1-29(2)17-24(31-22-11-7-4-8-12-22)27(25(32)18-29)28-23-14-13-21(30)15-20(23)16-26(33-28)19-9-5-3-6-10-19/h3-16,28,31H,17-18H2,1-2H3. The van der Waals surface area contributed by atoms with Crippen LogP contribution in [0.2, 0.25) is 5.02 Å². The van der Waals surface area contributed by atoms with Crippen LogP contribution in [-0.4, -0.2) is 5.78 Å². The third kappa shape index (κ3) is 4.46. The highest BCUT2D eigenvalue weighted by Crippen LogP contribution is 2.47. The number of hydrogen-bond acceptors (Lipinski definition) is 3. The molecule has 1 atom stereocenters. The molecule has 2 aliphatic rings. The summed E-state index contributed by atoms with van der Waals surface area (Å²) in [7, 11) is 0. The molecule has 4 heteroatoms. The van der Waals surface area contributed by atoms with Gasteiger partial charge in [-0.1, -0.05) is 80.0 Å².